The van der Waals surface area contributed by atoms with Gasteiger partial charge in [0.15, 0.2) is 0 Å². The van der Waals surface area contributed by atoms with Gasteiger partial charge in [0.25, 0.3) is 0 Å². The van der Waals surface area contributed by atoms with Gasteiger partial charge in [0.05, 0.1) is 5.56 Å². The summed E-state index contributed by atoms with van der Waals surface area (Å²) in [6.07, 6.45) is -0.187. The predicted molar refractivity (Wildman–Crippen MR) is 68.7 cm³/mol. The largest absolute Gasteiger partial charge is 0.416 e. The molecule has 0 aliphatic carbocycles. The normalized spacial score (nSPS) is 13.4. The van der Waals surface area contributed by atoms with Crippen LogP contribution in [-0.4, -0.2) is 6.04 Å². The summed E-state index contributed by atoms with van der Waals surface area (Å²) in [7, 11) is 0. The van der Waals surface area contributed by atoms with E-state index in [4.69, 9.17) is 0 Å². The van der Waals surface area contributed by atoms with Crippen LogP contribution >= 0.6 is 0 Å². The molecule has 1 aromatic rings. The molecule has 0 heterocycles. The van der Waals surface area contributed by atoms with Gasteiger partial charge >= 0.3 is 6.18 Å². The van der Waals surface area contributed by atoms with Crippen molar-refractivity contribution in [2.45, 2.75) is 51.7 Å². The first-order valence-electron chi connectivity index (χ1n) is 6.41. The molecule has 1 rings (SSSR count). The average molecular weight is 259 g/mol. The number of nitrogens with one attached hydrogen (secondary N) is 1. The highest BCUT2D eigenvalue weighted by Crippen LogP contribution is 2.31. The Bertz CT molecular complexity index is 360. The van der Waals surface area contributed by atoms with Crippen LogP contribution in [0.1, 0.15) is 45.1 Å². The van der Waals surface area contributed by atoms with Gasteiger partial charge in [0, 0.05) is 11.7 Å². The van der Waals surface area contributed by atoms with E-state index in [1.165, 1.54) is 12.1 Å². The lowest BCUT2D eigenvalue weighted by Crippen LogP contribution is -2.18. The van der Waals surface area contributed by atoms with E-state index in [1.807, 2.05) is 6.92 Å². The molecule has 1 atom stereocenters. The summed E-state index contributed by atoms with van der Waals surface area (Å²) in [5, 5.41) is 3.18. The van der Waals surface area contributed by atoms with Gasteiger partial charge in [-0.25, -0.2) is 0 Å². The third-order valence-electron chi connectivity index (χ3n) is 2.96. The molecule has 0 aromatic heterocycles. The van der Waals surface area contributed by atoms with Crippen LogP contribution in [0.25, 0.3) is 0 Å². The second-order valence-electron chi connectivity index (χ2n) is 4.47. The van der Waals surface area contributed by atoms with Gasteiger partial charge in [-0.2, -0.15) is 13.2 Å². The Hall–Kier alpha value is -1.19. The topological polar surface area (TPSA) is 12.0 Å². The Balaban J connectivity index is 2.71. The van der Waals surface area contributed by atoms with Crippen LogP contribution in [0, 0.1) is 0 Å². The van der Waals surface area contributed by atoms with E-state index in [9.17, 15) is 13.2 Å². The zero-order valence-electron chi connectivity index (χ0n) is 10.8. The van der Waals surface area contributed by atoms with Gasteiger partial charge in [0.2, 0.25) is 0 Å². The van der Waals surface area contributed by atoms with E-state index in [2.05, 4.69) is 12.2 Å². The molecule has 0 fully saturated rings. The lowest BCUT2D eigenvalue weighted by atomic mass is 10.1. The first-order chi connectivity index (χ1) is 8.47. The van der Waals surface area contributed by atoms with Crippen molar-refractivity contribution in [3.05, 3.63) is 29.8 Å². The predicted octanol–water partition coefficient (Wildman–Crippen LogP) is 5.09. The molecule has 102 valence electrons. The number of benzene rings is 1. The third-order valence-corrected chi connectivity index (χ3v) is 2.96. The Labute approximate surface area is 106 Å². The maximum atomic E-state index is 12.6. The summed E-state index contributed by atoms with van der Waals surface area (Å²) in [6.45, 7) is 4.15. The van der Waals surface area contributed by atoms with Gasteiger partial charge in [0.1, 0.15) is 0 Å². The molecule has 0 radical (unpaired) electrons. The van der Waals surface area contributed by atoms with Crippen LogP contribution in [0.5, 0.6) is 0 Å². The standard InChI is InChI=1S/C14H20F3N/c1-3-5-8-12(4-2)18-13-9-6-7-11(10-13)14(15,16)17/h6-7,9-10,12,18H,3-5,8H2,1-2H3. The number of anilines is 1. The quantitative estimate of drug-likeness (QED) is 0.750. The molecule has 0 amide bonds. The molecule has 0 aliphatic heterocycles. The summed E-state index contributed by atoms with van der Waals surface area (Å²) in [5.41, 5.74) is -0.0503. The molecule has 4 heteroatoms. The lowest BCUT2D eigenvalue weighted by molar-refractivity contribution is -0.137. The monoisotopic (exact) mass is 259 g/mol. The molecule has 1 nitrogen and oxygen atoms in total. The fraction of sp³-hybridized carbons (Fsp3) is 0.571. The number of rotatable bonds is 6. The lowest BCUT2D eigenvalue weighted by Gasteiger charge is -2.19. The van der Waals surface area contributed by atoms with Crippen molar-refractivity contribution in [3.8, 4) is 0 Å². The Morgan fingerprint density at radius 2 is 1.94 bits per heavy atom. The van der Waals surface area contributed by atoms with Crippen LogP contribution in [0.15, 0.2) is 24.3 Å². The molecule has 0 saturated carbocycles. The molecule has 1 N–H and O–H groups in total. The van der Waals surface area contributed by atoms with Gasteiger partial charge in [-0.15, -0.1) is 0 Å². The minimum absolute atomic E-state index is 0.244. The number of hydrogen-bond acceptors (Lipinski definition) is 1. The van der Waals surface area contributed by atoms with Gasteiger partial charge < -0.3 is 5.32 Å². The second kappa shape index (κ2) is 6.66. The van der Waals surface area contributed by atoms with E-state index in [-0.39, 0.29) is 6.04 Å². The maximum absolute atomic E-state index is 12.6. The van der Waals surface area contributed by atoms with E-state index in [0.29, 0.717) is 5.69 Å². The molecular formula is C14H20F3N. The zero-order chi connectivity index (χ0) is 13.6. The van der Waals surface area contributed by atoms with Crippen molar-refractivity contribution < 1.29 is 13.2 Å². The molecule has 18 heavy (non-hydrogen) atoms. The number of halogens is 3. The van der Waals surface area contributed by atoms with Gasteiger partial charge in [-0.05, 0) is 31.0 Å². The fourth-order valence-electron chi connectivity index (χ4n) is 1.85. The highest BCUT2D eigenvalue weighted by Gasteiger charge is 2.30. The molecular weight excluding hydrogens is 239 g/mol. The SMILES string of the molecule is CCCCC(CC)Nc1cccc(C(F)(F)F)c1. The van der Waals surface area contributed by atoms with Crippen molar-refractivity contribution >= 4 is 5.69 Å². The summed E-state index contributed by atoms with van der Waals surface area (Å²) >= 11 is 0. The molecule has 1 aromatic carbocycles. The Morgan fingerprint density at radius 1 is 1.22 bits per heavy atom. The second-order valence-corrected chi connectivity index (χ2v) is 4.47. The number of unbranched alkanes of at least 4 members (excludes halogenated alkanes) is 1. The molecule has 0 bridgehead atoms. The molecule has 0 spiro atoms. The molecule has 1 unspecified atom stereocenters. The Morgan fingerprint density at radius 3 is 2.50 bits per heavy atom. The summed E-state index contributed by atoms with van der Waals surface area (Å²) in [5.74, 6) is 0. The van der Waals surface area contributed by atoms with Crippen LogP contribution in [-0.2, 0) is 6.18 Å². The third kappa shape index (κ3) is 4.59. The van der Waals surface area contributed by atoms with Crippen molar-refractivity contribution in [1.29, 1.82) is 0 Å². The van der Waals surface area contributed by atoms with Crippen LogP contribution in [0.3, 0.4) is 0 Å². The summed E-state index contributed by atoms with van der Waals surface area (Å²) < 4.78 is 37.7. The van der Waals surface area contributed by atoms with Crippen molar-refractivity contribution in [3.63, 3.8) is 0 Å². The minimum atomic E-state index is -4.27. The zero-order valence-corrected chi connectivity index (χ0v) is 10.8. The fourth-order valence-corrected chi connectivity index (χ4v) is 1.85. The highest BCUT2D eigenvalue weighted by atomic mass is 19.4. The summed E-state index contributed by atoms with van der Waals surface area (Å²) in [4.78, 5) is 0. The smallest absolute Gasteiger partial charge is 0.382 e. The highest BCUT2D eigenvalue weighted by molar-refractivity contribution is 5.47. The van der Waals surface area contributed by atoms with Crippen LogP contribution < -0.4 is 5.32 Å². The number of hydrogen-bond donors (Lipinski definition) is 1. The first-order valence-corrected chi connectivity index (χ1v) is 6.41. The minimum Gasteiger partial charge on any atom is -0.382 e. The van der Waals surface area contributed by atoms with Crippen LogP contribution in [0.2, 0.25) is 0 Å². The molecule has 0 aliphatic rings. The van der Waals surface area contributed by atoms with E-state index >= 15 is 0 Å². The van der Waals surface area contributed by atoms with Crippen molar-refractivity contribution in [2.75, 3.05) is 5.32 Å². The maximum Gasteiger partial charge on any atom is 0.416 e. The molecule has 0 saturated heterocycles. The Kier molecular flexibility index (Phi) is 5.51. The van der Waals surface area contributed by atoms with E-state index in [0.717, 1.165) is 31.7 Å². The van der Waals surface area contributed by atoms with E-state index in [1.54, 1.807) is 6.07 Å². The van der Waals surface area contributed by atoms with Gasteiger partial charge in [-0.1, -0.05) is 32.8 Å². The average Bonchev–Trinajstić information content (AvgIpc) is 2.33. The van der Waals surface area contributed by atoms with E-state index < -0.39 is 11.7 Å². The van der Waals surface area contributed by atoms with Gasteiger partial charge in [-0.3, -0.25) is 0 Å². The first kappa shape index (κ1) is 14.9. The summed E-state index contributed by atoms with van der Waals surface area (Å²) in [6, 6.07) is 5.64. The number of alkyl halides is 3. The van der Waals surface area contributed by atoms with Crippen molar-refractivity contribution in [1.82, 2.24) is 0 Å². The van der Waals surface area contributed by atoms with Crippen molar-refractivity contribution in [2.24, 2.45) is 0 Å². The van der Waals surface area contributed by atoms with Crippen LogP contribution in [0.4, 0.5) is 18.9 Å².